The zero-order chi connectivity index (χ0) is 26.7. The monoisotopic (exact) mass is 599 g/mol. The predicted octanol–water partition coefficient (Wildman–Crippen LogP) is 2.42. The summed E-state index contributed by atoms with van der Waals surface area (Å²) in [5, 5.41) is 13.0. The highest BCUT2D eigenvalue weighted by Crippen LogP contribution is 2.40. The number of carboxylic acids is 1. The number of thioether (sulfide) groups is 2. The van der Waals surface area contributed by atoms with Gasteiger partial charge >= 0.3 is 5.97 Å². The summed E-state index contributed by atoms with van der Waals surface area (Å²) in [5.74, 6) is -0.416. The third-order valence-corrected chi connectivity index (χ3v) is 9.22. The van der Waals surface area contributed by atoms with Gasteiger partial charge in [0.15, 0.2) is 0 Å². The van der Waals surface area contributed by atoms with E-state index in [4.69, 9.17) is 34.7 Å². The molecule has 1 saturated heterocycles. The Kier molecular flexibility index (Phi) is 8.80. The van der Waals surface area contributed by atoms with E-state index < -0.39 is 23.3 Å². The summed E-state index contributed by atoms with van der Waals surface area (Å²) in [5.41, 5.74) is 11.9. The Hall–Kier alpha value is -2.58. The van der Waals surface area contributed by atoms with E-state index in [1.807, 2.05) is 0 Å². The van der Waals surface area contributed by atoms with E-state index in [0.29, 0.717) is 43.7 Å². The number of carboxylic acid groups (broad SMARTS) is 1. The summed E-state index contributed by atoms with van der Waals surface area (Å²) >= 11 is 16.0. The van der Waals surface area contributed by atoms with E-state index in [1.54, 1.807) is 34.3 Å². The van der Waals surface area contributed by atoms with Crippen molar-refractivity contribution in [1.82, 2.24) is 15.2 Å². The van der Waals surface area contributed by atoms with Crippen molar-refractivity contribution in [3.8, 4) is 0 Å². The standard InChI is InChI=1S/C22H20Cl2N6O4S3/c23-12-3-4-13(24)14(6-12)35-9-17(31)28-18-20(32)30-19(22(33)34)11(8-36-21(18)30)2-1-5-37-29-10-27-15(25)7-16(29)26/h1-4,6-7,10,18,21H,5,8-9H2,(H5,25,26,28,31,33,34)/p+1/b2-1+/t18-,21?/m1/s1. The maximum absolute atomic E-state index is 12.8. The number of β-lactam (4-membered cyclic amide) rings is 1. The fraction of sp³-hybridized carbons (Fsp3) is 0.227. The third-order valence-electron chi connectivity index (χ3n) is 5.26. The van der Waals surface area contributed by atoms with Crippen LogP contribution < -0.4 is 20.8 Å². The molecule has 0 saturated carbocycles. The van der Waals surface area contributed by atoms with E-state index in [-0.39, 0.29) is 17.4 Å². The lowest BCUT2D eigenvalue weighted by Crippen LogP contribution is -2.70. The average molecular weight is 601 g/mol. The first kappa shape index (κ1) is 27.5. The van der Waals surface area contributed by atoms with Gasteiger partial charge in [-0.3, -0.25) is 14.5 Å². The van der Waals surface area contributed by atoms with Crippen molar-refractivity contribution in [3.05, 3.63) is 64.1 Å². The number of nitrogens with one attached hydrogen (secondary N) is 1. The predicted molar refractivity (Wildman–Crippen MR) is 147 cm³/mol. The zero-order valence-electron chi connectivity index (χ0n) is 19.0. The molecule has 15 heteroatoms. The number of aromatic nitrogens is 2. The van der Waals surface area contributed by atoms with Crippen LogP contribution in [0.5, 0.6) is 0 Å². The van der Waals surface area contributed by atoms with E-state index >= 15 is 0 Å². The molecule has 2 amide bonds. The van der Waals surface area contributed by atoms with Crippen molar-refractivity contribution in [2.75, 3.05) is 28.7 Å². The maximum atomic E-state index is 12.8. The molecule has 2 atom stereocenters. The van der Waals surface area contributed by atoms with Crippen LogP contribution in [0.4, 0.5) is 11.6 Å². The highest BCUT2D eigenvalue weighted by molar-refractivity contribution is 8.00. The van der Waals surface area contributed by atoms with Crippen molar-refractivity contribution >= 4 is 88.1 Å². The number of nitrogens with two attached hydrogens (primary N) is 2. The molecule has 10 nitrogen and oxygen atoms in total. The summed E-state index contributed by atoms with van der Waals surface area (Å²) in [7, 11) is 0. The fourth-order valence-electron chi connectivity index (χ4n) is 3.58. The molecule has 6 N–H and O–H groups in total. The molecule has 2 aliphatic heterocycles. The second-order valence-electron chi connectivity index (χ2n) is 7.76. The molecule has 3 heterocycles. The number of allylic oxidation sites excluding steroid dienone is 1. The van der Waals surface area contributed by atoms with E-state index in [1.165, 1.54) is 52.8 Å². The van der Waals surface area contributed by atoms with Gasteiger partial charge in [0, 0.05) is 33.4 Å². The molecule has 0 aliphatic carbocycles. The Labute approximate surface area is 235 Å². The van der Waals surface area contributed by atoms with Crippen molar-refractivity contribution in [3.63, 3.8) is 0 Å². The summed E-state index contributed by atoms with van der Waals surface area (Å²) in [6, 6.07) is 5.69. The number of anilines is 2. The van der Waals surface area contributed by atoms with Gasteiger partial charge in [0.05, 0.1) is 16.8 Å². The van der Waals surface area contributed by atoms with Crippen molar-refractivity contribution in [1.29, 1.82) is 0 Å². The number of carbonyl (C=O) groups is 3. The van der Waals surface area contributed by atoms with Crippen LogP contribution in [0.15, 0.2) is 58.9 Å². The smallest absolute Gasteiger partial charge is 0.352 e. The highest BCUT2D eigenvalue weighted by Gasteiger charge is 2.53. The summed E-state index contributed by atoms with van der Waals surface area (Å²) < 4.78 is 1.64. The summed E-state index contributed by atoms with van der Waals surface area (Å²) in [6.07, 6.45) is 4.97. The number of hydrogen-bond donors (Lipinski definition) is 4. The van der Waals surface area contributed by atoms with Crippen LogP contribution in [0.3, 0.4) is 0 Å². The van der Waals surface area contributed by atoms with Crippen LogP contribution >= 0.6 is 58.7 Å². The van der Waals surface area contributed by atoms with Gasteiger partial charge in [-0.25, -0.2) is 4.79 Å². The van der Waals surface area contributed by atoms with Crippen LogP contribution in [0.2, 0.25) is 10.0 Å². The molecule has 1 aromatic carbocycles. The number of rotatable bonds is 9. The SMILES string of the molecule is Nc1cc(N)[n+](SC/C=C/C2=C(C(=O)O)N3C(=O)[C@@H](NC(=O)CSc4cc(Cl)ccc4Cl)C3SC2)cn1. The Bertz CT molecular complexity index is 1330. The Morgan fingerprint density at radius 1 is 1.32 bits per heavy atom. The number of hydrogen-bond acceptors (Lipinski definition) is 9. The van der Waals surface area contributed by atoms with Crippen LogP contribution in [0.1, 0.15) is 0 Å². The molecule has 1 fully saturated rings. The fourth-order valence-corrected chi connectivity index (χ4v) is 6.86. The van der Waals surface area contributed by atoms with Gasteiger partial charge in [-0.1, -0.05) is 40.3 Å². The second-order valence-corrected chi connectivity index (χ2v) is 11.7. The van der Waals surface area contributed by atoms with E-state index in [2.05, 4.69) is 10.3 Å². The molecule has 1 aromatic heterocycles. The minimum absolute atomic E-state index is 0.0283. The van der Waals surface area contributed by atoms with E-state index in [0.717, 1.165) is 0 Å². The van der Waals surface area contributed by atoms with Gasteiger partial charge in [0.25, 0.3) is 5.91 Å². The molecule has 0 spiro atoms. The molecule has 4 rings (SSSR count). The molecule has 37 heavy (non-hydrogen) atoms. The zero-order valence-corrected chi connectivity index (χ0v) is 22.9. The summed E-state index contributed by atoms with van der Waals surface area (Å²) in [4.78, 5) is 43.2. The Balaban J connectivity index is 1.36. The van der Waals surface area contributed by atoms with Gasteiger partial charge in [0.2, 0.25) is 23.9 Å². The largest absolute Gasteiger partial charge is 0.477 e. The average Bonchev–Trinajstić information content (AvgIpc) is 2.86. The maximum Gasteiger partial charge on any atom is 0.352 e. The number of carbonyl (C=O) groups excluding carboxylic acids is 2. The van der Waals surface area contributed by atoms with Gasteiger partial charge < -0.3 is 21.9 Å². The van der Waals surface area contributed by atoms with Crippen molar-refractivity contribution in [2.24, 2.45) is 0 Å². The molecule has 194 valence electrons. The number of fused-ring (bicyclic) bond motifs is 1. The van der Waals surface area contributed by atoms with E-state index in [9.17, 15) is 19.5 Å². The first-order valence-corrected chi connectivity index (χ1v) is 14.4. The topological polar surface area (TPSA) is 156 Å². The van der Waals surface area contributed by atoms with Crippen molar-refractivity contribution in [2.45, 2.75) is 16.3 Å². The highest BCUT2D eigenvalue weighted by atomic mass is 35.5. The third kappa shape index (κ3) is 6.29. The molecule has 0 bridgehead atoms. The van der Waals surface area contributed by atoms with Gasteiger partial charge in [-0.05, 0) is 23.8 Å². The van der Waals surface area contributed by atoms with Crippen LogP contribution in [-0.4, -0.2) is 61.4 Å². The van der Waals surface area contributed by atoms with Crippen LogP contribution in [0.25, 0.3) is 0 Å². The number of halogens is 2. The molecule has 1 unspecified atom stereocenters. The minimum atomic E-state index is -1.21. The molecule has 2 aromatic rings. The van der Waals surface area contributed by atoms with Crippen LogP contribution in [0, 0.1) is 0 Å². The minimum Gasteiger partial charge on any atom is -0.477 e. The number of nitrogens with zero attached hydrogens (tertiary/aromatic N) is 3. The molecule has 0 radical (unpaired) electrons. The van der Waals surface area contributed by atoms with Crippen LogP contribution in [-0.2, 0) is 14.4 Å². The number of nitrogen functional groups attached to an aromatic ring is 2. The lowest BCUT2D eigenvalue weighted by Gasteiger charge is -2.49. The molecule has 2 aliphatic rings. The number of benzene rings is 1. The summed E-state index contributed by atoms with van der Waals surface area (Å²) in [6.45, 7) is 0. The number of amides is 2. The quantitative estimate of drug-likeness (QED) is 0.192. The molecular formula is C22H21Cl2N6O4S3+. The molecular weight excluding hydrogens is 579 g/mol. The normalized spacial score (nSPS) is 19.1. The Morgan fingerprint density at radius 3 is 2.84 bits per heavy atom. The lowest BCUT2D eigenvalue weighted by atomic mass is 10.0. The van der Waals surface area contributed by atoms with Crippen molar-refractivity contribution < 1.29 is 23.5 Å². The number of aliphatic carboxylic acids is 1. The van der Waals surface area contributed by atoms with Gasteiger partial charge in [-0.15, -0.1) is 23.5 Å². The Morgan fingerprint density at radius 2 is 2.11 bits per heavy atom. The first-order valence-electron chi connectivity index (χ1n) is 10.7. The van der Waals surface area contributed by atoms with Gasteiger partial charge in [-0.2, -0.15) is 3.97 Å². The first-order chi connectivity index (χ1) is 17.7. The second kappa shape index (κ2) is 11.9. The lowest BCUT2D eigenvalue weighted by molar-refractivity contribution is -0.481. The van der Waals surface area contributed by atoms with Gasteiger partial charge in [0.1, 0.15) is 17.1 Å².